The molecule has 4 N–H and O–H groups in total. The molecule has 0 aliphatic rings. The van der Waals surface area contributed by atoms with Gasteiger partial charge in [-0.2, -0.15) is 0 Å². The van der Waals surface area contributed by atoms with Gasteiger partial charge in [0.05, 0.1) is 15.7 Å². The minimum atomic E-state index is 0.133. The zero-order valence-electron chi connectivity index (χ0n) is 8.17. The number of rotatable bonds is 4. The van der Waals surface area contributed by atoms with E-state index in [1.807, 2.05) is 0 Å². The van der Waals surface area contributed by atoms with Crippen molar-refractivity contribution in [2.24, 2.45) is 10.9 Å². The number of hydrogen-bond donors (Lipinski definition) is 3. The number of hydrogen-bond acceptors (Lipinski definition) is 3. The molecule has 4 nitrogen and oxygen atoms in total. The van der Waals surface area contributed by atoms with Crippen molar-refractivity contribution in [1.82, 2.24) is 0 Å². The third kappa shape index (κ3) is 3.63. The maximum Gasteiger partial charge on any atom is 0.140 e. The van der Waals surface area contributed by atoms with E-state index in [4.69, 9.17) is 45.7 Å². The molecule has 88 valence electrons. The van der Waals surface area contributed by atoms with E-state index < -0.39 is 0 Å². The molecule has 0 amide bonds. The summed E-state index contributed by atoms with van der Waals surface area (Å²) in [4.78, 5) is 0. The van der Waals surface area contributed by atoms with Crippen molar-refractivity contribution in [3.8, 4) is 0 Å². The molecule has 0 fully saturated rings. The summed E-state index contributed by atoms with van der Waals surface area (Å²) in [6, 6.07) is 3.17. The molecule has 1 aromatic rings. The highest BCUT2D eigenvalue weighted by Crippen LogP contribution is 2.33. The molecular weight excluding hydrogens is 272 g/mol. The van der Waals surface area contributed by atoms with Crippen LogP contribution in [-0.2, 0) is 0 Å². The van der Waals surface area contributed by atoms with E-state index in [1.165, 1.54) is 0 Å². The average molecular weight is 283 g/mol. The van der Waals surface area contributed by atoms with Crippen LogP contribution in [0.4, 0.5) is 5.69 Å². The molecule has 1 aromatic carbocycles. The van der Waals surface area contributed by atoms with Crippen molar-refractivity contribution in [1.29, 1.82) is 0 Å². The molecule has 0 spiro atoms. The highest BCUT2D eigenvalue weighted by molar-refractivity contribution is 6.41. The van der Waals surface area contributed by atoms with Crippen molar-refractivity contribution < 1.29 is 5.21 Å². The van der Waals surface area contributed by atoms with Gasteiger partial charge in [-0.25, -0.2) is 0 Å². The first-order valence-electron chi connectivity index (χ1n) is 4.39. The molecule has 1 rings (SSSR count). The van der Waals surface area contributed by atoms with Gasteiger partial charge >= 0.3 is 0 Å². The number of nitrogens with one attached hydrogen (secondary N) is 1. The predicted octanol–water partition coefficient (Wildman–Crippen LogP) is 3.20. The molecule has 0 bridgehead atoms. The Morgan fingerprint density at radius 3 is 2.38 bits per heavy atom. The van der Waals surface area contributed by atoms with Gasteiger partial charge in [0, 0.05) is 18.0 Å². The lowest BCUT2D eigenvalue weighted by Gasteiger charge is -2.10. The van der Waals surface area contributed by atoms with Gasteiger partial charge in [-0.05, 0) is 12.1 Å². The Hall–Kier alpha value is -0.840. The number of nitrogens with two attached hydrogens (primary N) is 1. The third-order valence-electron chi connectivity index (χ3n) is 1.82. The summed E-state index contributed by atoms with van der Waals surface area (Å²) in [5.41, 5.74) is 5.89. The van der Waals surface area contributed by atoms with Crippen LogP contribution in [-0.4, -0.2) is 17.6 Å². The summed E-state index contributed by atoms with van der Waals surface area (Å²) < 4.78 is 0. The van der Waals surface area contributed by atoms with Gasteiger partial charge in [-0.3, -0.25) is 0 Å². The smallest absolute Gasteiger partial charge is 0.140 e. The number of anilines is 1. The summed E-state index contributed by atoms with van der Waals surface area (Å²) in [6.07, 6.45) is 0.381. The van der Waals surface area contributed by atoms with Crippen LogP contribution in [0.25, 0.3) is 0 Å². The first-order valence-corrected chi connectivity index (χ1v) is 5.52. The lowest BCUT2D eigenvalue weighted by Crippen LogP contribution is -2.16. The van der Waals surface area contributed by atoms with Crippen LogP contribution >= 0.6 is 34.8 Å². The van der Waals surface area contributed by atoms with Gasteiger partial charge in [0.25, 0.3) is 0 Å². The Morgan fingerprint density at radius 2 is 1.88 bits per heavy atom. The fourth-order valence-corrected chi connectivity index (χ4v) is 2.03. The van der Waals surface area contributed by atoms with Crippen molar-refractivity contribution in [3.05, 3.63) is 27.2 Å². The van der Waals surface area contributed by atoms with Gasteiger partial charge in [-0.15, -0.1) is 0 Å². The molecule has 0 radical (unpaired) electrons. The van der Waals surface area contributed by atoms with Crippen molar-refractivity contribution in [3.63, 3.8) is 0 Å². The first-order chi connectivity index (χ1) is 7.54. The Bertz CT molecular complexity index is 386. The lowest BCUT2D eigenvalue weighted by atomic mass is 10.3. The summed E-state index contributed by atoms with van der Waals surface area (Å²) >= 11 is 17.6. The Kier molecular flexibility index (Phi) is 4.99. The maximum absolute atomic E-state index is 8.34. The van der Waals surface area contributed by atoms with Crippen LogP contribution in [0.3, 0.4) is 0 Å². The first kappa shape index (κ1) is 13.2. The molecule has 7 heteroatoms. The number of halogens is 3. The highest BCUT2D eigenvalue weighted by atomic mass is 35.5. The molecule has 0 aliphatic carbocycles. The van der Waals surface area contributed by atoms with Crippen LogP contribution in [0.5, 0.6) is 0 Å². The highest BCUT2D eigenvalue weighted by Gasteiger charge is 2.07. The van der Waals surface area contributed by atoms with Gasteiger partial charge < -0.3 is 16.3 Å². The quantitative estimate of drug-likeness (QED) is 0.344. The number of amidine groups is 1. The fraction of sp³-hybridized carbons (Fsp3) is 0.222. The van der Waals surface area contributed by atoms with Gasteiger partial charge in [0.1, 0.15) is 5.84 Å². The van der Waals surface area contributed by atoms with Gasteiger partial charge in [0.15, 0.2) is 0 Å². The second-order valence-corrected chi connectivity index (χ2v) is 4.26. The molecule has 0 atom stereocenters. The minimum Gasteiger partial charge on any atom is -0.409 e. The normalized spacial score (nSPS) is 11.6. The largest absolute Gasteiger partial charge is 0.409 e. The van der Waals surface area contributed by atoms with Crippen LogP contribution in [0, 0.1) is 0 Å². The molecule has 0 saturated carbocycles. The summed E-state index contributed by atoms with van der Waals surface area (Å²) in [6.45, 7) is 0.455. The summed E-state index contributed by atoms with van der Waals surface area (Å²) in [7, 11) is 0. The average Bonchev–Trinajstić information content (AvgIpc) is 2.21. The van der Waals surface area contributed by atoms with Crippen molar-refractivity contribution in [2.75, 3.05) is 11.9 Å². The number of benzene rings is 1. The van der Waals surface area contributed by atoms with Crippen LogP contribution in [0.15, 0.2) is 17.3 Å². The van der Waals surface area contributed by atoms with E-state index in [9.17, 15) is 0 Å². The van der Waals surface area contributed by atoms with E-state index in [1.54, 1.807) is 12.1 Å². The monoisotopic (exact) mass is 281 g/mol. The zero-order valence-corrected chi connectivity index (χ0v) is 10.4. The molecule has 0 aliphatic heterocycles. The molecule has 16 heavy (non-hydrogen) atoms. The van der Waals surface area contributed by atoms with Crippen LogP contribution in [0.1, 0.15) is 6.42 Å². The Balaban J connectivity index is 2.67. The second-order valence-electron chi connectivity index (χ2n) is 3.01. The van der Waals surface area contributed by atoms with E-state index in [0.717, 1.165) is 0 Å². The molecule has 0 saturated heterocycles. The standard InChI is InChI=1S/C9H10Cl3N3O/c10-5-3-6(11)9(7(12)4-5)14-2-1-8(13)15-16/h3-4,14,16H,1-2H2,(H2,13,15). The zero-order chi connectivity index (χ0) is 12.1. The van der Waals surface area contributed by atoms with E-state index in [-0.39, 0.29) is 5.84 Å². The van der Waals surface area contributed by atoms with Gasteiger partial charge in [0.2, 0.25) is 0 Å². The molecule has 0 heterocycles. The van der Waals surface area contributed by atoms with E-state index in [2.05, 4.69) is 10.5 Å². The van der Waals surface area contributed by atoms with E-state index >= 15 is 0 Å². The van der Waals surface area contributed by atoms with E-state index in [0.29, 0.717) is 33.7 Å². The fourth-order valence-electron chi connectivity index (χ4n) is 1.08. The number of oxime groups is 1. The Labute approximate surface area is 108 Å². The van der Waals surface area contributed by atoms with Gasteiger partial charge in [-0.1, -0.05) is 40.0 Å². The number of nitrogens with zero attached hydrogens (tertiary/aromatic N) is 1. The predicted molar refractivity (Wildman–Crippen MR) is 68.0 cm³/mol. The maximum atomic E-state index is 8.34. The third-order valence-corrected chi connectivity index (χ3v) is 2.63. The molecule has 0 unspecified atom stereocenters. The second kappa shape index (κ2) is 6.03. The summed E-state index contributed by atoms with van der Waals surface area (Å²) in [5, 5.41) is 15.5. The summed E-state index contributed by atoms with van der Waals surface area (Å²) in [5.74, 6) is 0.133. The minimum absolute atomic E-state index is 0.133. The van der Waals surface area contributed by atoms with Crippen LogP contribution in [0.2, 0.25) is 15.1 Å². The lowest BCUT2D eigenvalue weighted by molar-refractivity contribution is 0.317. The van der Waals surface area contributed by atoms with Crippen molar-refractivity contribution >= 4 is 46.3 Å². The van der Waals surface area contributed by atoms with Crippen molar-refractivity contribution in [2.45, 2.75) is 6.42 Å². The molecule has 0 aromatic heterocycles. The topological polar surface area (TPSA) is 70.6 Å². The molecular formula is C9H10Cl3N3O. The SMILES string of the molecule is NC(CCNc1c(Cl)cc(Cl)cc1Cl)=NO. The Morgan fingerprint density at radius 1 is 1.31 bits per heavy atom. The van der Waals surface area contributed by atoms with Crippen LogP contribution < -0.4 is 11.1 Å².